The predicted molar refractivity (Wildman–Crippen MR) is 94.8 cm³/mol. The van der Waals surface area contributed by atoms with Crippen LogP contribution >= 0.6 is 0 Å². The fraction of sp³-hybridized carbons (Fsp3) is 0.438. The van der Waals surface area contributed by atoms with Crippen molar-refractivity contribution in [3.63, 3.8) is 0 Å². The largest absolute Gasteiger partial charge is 0.497 e. The number of hydrogen-bond donors (Lipinski definition) is 1. The Balaban J connectivity index is 1.61. The van der Waals surface area contributed by atoms with E-state index in [0.29, 0.717) is 37.4 Å². The van der Waals surface area contributed by atoms with Gasteiger partial charge in [0.2, 0.25) is 15.0 Å². The molecule has 140 valence electrons. The van der Waals surface area contributed by atoms with Crippen LogP contribution in [0.5, 0.6) is 5.75 Å². The smallest absolute Gasteiger partial charge is 0.321 e. The molecule has 3 rings (SSSR count). The lowest BCUT2D eigenvalue weighted by Gasteiger charge is -2.31. The van der Waals surface area contributed by atoms with Gasteiger partial charge in [-0.1, -0.05) is 6.07 Å². The Morgan fingerprint density at radius 1 is 1.31 bits per heavy atom. The minimum atomic E-state index is -3.55. The average molecular weight is 379 g/mol. The topological polar surface area (TPSA) is 106 Å². The minimum absolute atomic E-state index is 0.0308. The number of piperidine rings is 1. The normalized spacial score (nSPS) is 15.7. The number of urea groups is 1. The molecule has 1 aromatic heterocycles. The Labute approximate surface area is 151 Å². The Kier molecular flexibility index (Phi) is 5.12. The highest BCUT2D eigenvalue weighted by Gasteiger charge is 2.35. The summed E-state index contributed by atoms with van der Waals surface area (Å²) in [5.74, 6) is 0.649. The summed E-state index contributed by atoms with van der Waals surface area (Å²) in [6.07, 6.45) is 2.09. The number of sulfone groups is 1. The number of nitrogens with zero attached hydrogens (tertiary/aromatic N) is 4. The van der Waals surface area contributed by atoms with Crippen LogP contribution in [-0.2, 0) is 16.9 Å². The molecule has 0 spiro atoms. The number of hydrogen-bond acceptors (Lipinski definition) is 6. The maximum atomic E-state index is 12.7. The zero-order valence-electron chi connectivity index (χ0n) is 14.6. The first-order valence-corrected chi connectivity index (χ1v) is 9.74. The molecule has 1 aliphatic rings. The second kappa shape index (κ2) is 7.32. The van der Waals surface area contributed by atoms with Crippen molar-refractivity contribution in [3.8, 4) is 5.75 Å². The highest BCUT2D eigenvalue weighted by Crippen LogP contribution is 2.24. The van der Waals surface area contributed by atoms with E-state index in [2.05, 4.69) is 15.5 Å². The number of nitrogens with one attached hydrogen (secondary N) is 1. The predicted octanol–water partition coefficient (Wildman–Crippen LogP) is 1.29. The van der Waals surface area contributed by atoms with Gasteiger partial charge in [-0.05, 0) is 25.0 Å². The molecule has 9 nitrogen and oxygen atoms in total. The van der Waals surface area contributed by atoms with Gasteiger partial charge in [0.15, 0.2) is 0 Å². The Bertz CT molecular complexity index is 888. The van der Waals surface area contributed by atoms with E-state index in [9.17, 15) is 13.2 Å². The summed E-state index contributed by atoms with van der Waals surface area (Å²) < 4.78 is 31.8. The van der Waals surface area contributed by atoms with E-state index in [1.165, 1.54) is 10.9 Å². The fourth-order valence-electron chi connectivity index (χ4n) is 2.95. The van der Waals surface area contributed by atoms with E-state index >= 15 is 0 Å². The third-order valence-corrected chi connectivity index (χ3v) is 6.64. The molecule has 0 radical (unpaired) electrons. The molecule has 1 fully saturated rings. The molecule has 10 heteroatoms. The van der Waals surface area contributed by atoms with Crippen molar-refractivity contribution in [2.45, 2.75) is 23.2 Å². The zero-order valence-corrected chi connectivity index (χ0v) is 15.4. The standard InChI is InChI=1S/C16H21N5O4S/c1-20-11-17-19-16(20)26(23,24)14-6-8-21(9-7-14)15(22)18-12-4-3-5-13(10-12)25-2/h3-5,10-11,14H,6-9H2,1-2H3,(H,18,22). The van der Waals surface area contributed by atoms with E-state index in [-0.39, 0.29) is 11.2 Å². The molecule has 26 heavy (non-hydrogen) atoms. The molecule has 0 atom stereocenters. The van der Waals surface area contributed by atoms with Crippen molar-refractivity contribution in [1.29, 1.82) is 0 Å². The monoisotopic (exact) mass is 379 g/mol. The highest BCUT2D eigenvalue weighted by atomic mass is 32.2. The fourth-order valence-corrected chi connectivity index (χ4v) is 4.69. The van der Waals surface area contributed by atoms with Crippen LogP contribution in [0.25, 0.3) is 0 Å². The Morgan fingerprint density at radius 3 is 2.65 bits per heavy atom. The van der Waals surface area contributed by atoms with E-state index in [1.807, 2.05) is 0 Å². The number of ether oxygens (including phenoxy) is 1. The van der Waals surface area contributed by atoms with Crippen LogP contribution < -0.4 is 10.1 Å². The molecule has 1 N–H and O–H groups in total. The van der Waals surface area contributed by atoms with Crippen LogP contribution in [0.1, 0.15) is 12.8 Å². The van der Waals surface area contributed by atoms with E-state index in [1.54, 1.807) is 43.3 Å². The van der Waals surface area contributed by atoms with Gasteiger partial charge < -0.3 is 19.5 Å². The summed E-state index contributed by atoms with van der Waals surface area (Å²) in [4.78, 5) is 14.0. The lowest BCUT2D eigenvalue weighted by Crippen LogP contribution is -2.44. The molecule has 1 aromatic carbocycles. The lowest BCUT2D eigenvalue weighted by molar-refractivity contribution is 0.200. The summed E-state index contributed by atoms with van der Waals surface area (Å²) in [6.45, 7) is 0.717. The van der Waals surface area contributed by atoms with Crippen LogP contribution in [0.15, 0.2) is 35.7 Å². The average Bonchev–Trinajstić information content (AvgIpc) is 3.09. The molecular formula is C16H21N5O4S. The van der Waals surface area contributed by atoms with Crippen molar-refractivity contribution < 1.29 is 17.9 Å². The van der Waals surface area contributed by atoms with Gasteiger partial charge in [0.25, 0.3) is 0 Å². The number of benzene rings is 1. The summed E-state index contributed by atoms with van der Waals surface area (Å²) in [5, 5.41) is 9.56. The van der Waals surface area contributed by atoms with Gasteiger partial charge >= 0.3 is 6.03 Å². The SMILES string of the molecule is COc1cccc(NC(=O)N2CCC(S(=O)(=O)c3nncn3C)CC2)c1. The number of anilines is 1. The Morgan fingerprint density at radius 2 is 2.04 bits per heavy atom. The number of methoxy groups -OCH3 is 1. The number of aromatic nitrogens is 3. The Hall–Kier alpha value is -2.62. The van der Waals surface area contributed by atoms with Gasteiger partial charge in [0.1, 0.15) is 12.1 Å². The first kappa shape index (κ1) is 18.2. The van der Waals surface area contributed by atoms with Crippen molar-refractivity contribution in [1.82, 2.24) is 19.7 Å². The maximum Gasteiger partial charge on any atom is 0.321 e. The van der Waals surface area contributed by atoms with Gasteiger partial charge in [-0.25, -0.2) is 13.2 Å². The summed E-state index contributed by atoms with van der Waals surface area (Å²) in [6, 6.07) is 6.81. The number of aryl methyl sites for hydroxylation is 1. The molecule has 2 heterocycles. The third-order valence-electron chi connectivity index (χ3n) is 4.41. The van der Waals surface area contributed by atoms with Crippen molar-refractivity contribution >= 4 is 21.6 Å². The summed E-state index contributed by atoms with van der Waals surface area (Å²) in [5.41, 5.74) is 0.628. The van der Waals surface area contributed by atoms with Crippen LogP contribution in [0.2, 0.25) is 0 Å². The number of carbonyl (C=O) groups excluding carboxylic acids is 1. The van der Waals surface area contributed by atoms with E-state index < -0.39 is 15.1 Å². The van der Waals surface area contributed by atoms with Gasteiger partial charge in [-0.3, -0.25) is 0 Å². The summed E-state index contributed by atoms with van der Waals surface area (Å²) in [7, 11) is -0.392. The van der Waals surface area contributed by atoms with Gasteiger partial charge in [0, 0.05) is 31.9 Å². The molecule has 1 saturated heterocycles. The number of amides is 2. The molecule has 2 aromatic rings. The zero-order chi connectivity index (χ0) is 18.7. The van der Waals surface area contributed by atoms with Crippen LogP contribution in [0.4, 0.5) is 10.5 Å². The first-order valence-electron chi connectivity index (χ1n) is 8.19. The van der Waals surface area contributed by atoms with E-state index in [0.717, 1.165) is 0 Å². The van der Waals surface area contributed by atoms with Crippen molar-refractivity contribution in [2.75, 3.05) is 25.5 Å². The molecule has 0 bridgehead atoms. The molecule has 1 aliphatic heterocycles. The van der Waals surface area contributed by atoms with E-state index in [4.69, 9.17) is 4.74 Å². The highest BCUT2D eigenvalue weighted by molar-refractivity contribution is 7.91. The van der Waals surface area contributed by atoms with Gasteiger partial charge in [0.05, 0.1) is 12.4 Å². The maximum absolute atomic E-state index is 12.7. The first-order chi connectivity index (χ1) is 12.4. The van der Waals surface area contributed by atoms with Crippen LogP contribution in [0, 0.1) is 0 Å². The second-order valence-corrected chi connectivity index (χ2v) is 8.24. The molecule has 0 aliphatic carbocycles. The third kappa shape index (κ3) is 3.64. The molecule has 2 amide bonds. The minimum Gasteiger partial charge on any atom is -0.497 e. The quantitative estimate of drug-likeness (QED) is 0.858. The van der Waals surface area contributed by atoms with Crippen LogP contribution in [-0.4, -0.2) is 59.6 Å². The lowest BCUT2D eigenvalue weighted by atomic mass is 10.1. The molecular weight excluding hydrogens is 358 g/mol. The molecule has 0 saturated carbocycles. The van der Waals surface area contributed by atoms with Crippen LogP contribution in [0.3, 0.4) is 0 Å². The molecule has 0 unspecified atom stereocenters. The number of carbonyl (C=O) groups is 1. The second-order valence-electron chi connectivity index (χ2n) is 6.12. The van der Waals surface area contributed by atoms with Crippen molar-refractivity contribution in [2.24, 2.45) is 7.05 Å². The summed E-state index contributed by atoms with van der Waals surface area (Å²) >= 11 is 0. The number of rotatable bonds is 4. The van der Waals surface area contributed by atoms with Gasteiger partial charge in [-0.2, -0.15) is 0 Å². The van der Waals surface area contributed by atoms with Crippen molar-refractivity contribution in [3.05, 3.63) is 30.6 Å². The van der Waals surface area contributed by atoms with Gasteiger partial charge in [-0.15, -0.1) is 10.2 Å². The number of likely N-dealkylation sites (tertiary alicyclic amines) is 1.